The number of fused-ring (bicyclic) bond motifs is 3. The Morgan fingerprint density at radius 3 is 2.26 bits per heavy atom. The molecular formula is C23H19ClN2O4S. The van der Waals surface area contributed by atoms with E-state index in [-0.39, 0.29) is 23.6 Å². The summed E-state index contributed by atoms with van der Waals surface area (Å²) in [6.07, 6.45) is 2.25. The first-order valence-electron chi connectivity index (χ1n) is 10.0. The molecule has 0 bridgehead atoms. The number of thiazole rings is 1. The lowest BCUT2D eigenvalue weighted by atomic mass is 9.98. The first kappa shape index (κ1) is 20.0. The highest BCUT2D eigenvalue weighted by atomic mass is 35.5. The van der Waals surface area contributed by atoms with E-state index >= 15 is 0 Å². The van der Waals surface area contributed by atoms with Gasteiger partial charge < -0.3 is 9.84 Å². The Balaban J connectivity index is 1.40. The van der Waals surface area contributed by atoms with Gasteiger partial charge in [0.05, 0.1) is 6.20 Å². The van der Waals surface area contributed by atoms with E-state index in [1.54, 1.807) is 0 Å². The summed E-state index contributed by atoms with van der Waals surface area (Å²) in [5.41, 5.74) is 4.49. The molecule has 1 unspecified atom stereocenters. The van der Waals surface area contributed by atoms with Crippen molar-refractivity contribution in [3.8, 4) is 11.1 Å². The fraction of sp³-hybridized carbons (Fsp3) is 0.261. The van der Waals surface area contributed by atoms with Crippen molar-refractivity contribution < 1.29 is 19.4 Å². The van der Waals surface area contributed by atoms with Crippen LogP contribution in [0.25, 0.3) is 11.1 Å². The maximum absolute atomic E-state index is 13.1. The molecule has 2 aromatic carbocycles. The lowest BCUT2D eigenvalue weighted by Gasteiger charge is -2.27. The first-order valence-corrected chi connectivity index (χ1v) is 11.2. The SMILES string of the molecule is O=C(O)C(c1ncc(Cl)s1)N(C(=O)OCC1c2ccccc2-c2ccccc21)C1CC1. The number of carbonyl (C=O) groups excluding carboxylic acids is 1. The number of hydrogen-bond acceptors (Lipinski definition) is 5. The van der Waals surface area contributed by atoms with Crippen LogP contribution >= 0.6 is 22.9 Å². The van der Waals surface area contributed by atoms with E-state index < -0.39 is 18.1 Å². The average Bonchev–Trinajstić information content (AvgIpc) is 3.43. The van der Waals surface area contributed by atoms with Gasteiger partial charge in [0, 0.05) is 12.0 Å². The highest BCUT2D eigenvalue weighted by molar-refractivity contribution is 7.16. The monoisotopic (exact) mass is 454 g/mol. The van der Waals surface area contributed by atoms with E-state index in [2.05, 4.69) is 17.1 Å². The summed E-state index contributed by atoms with van der Waals surface area (Å²) in [4.78, 5) is 30.6. The van der Waals surface area contributed by atoms with E-state index in [4.69, 9.17) is 16.3 Å². The highest BCUT2D eigenvalue weighted by Crippen LogP contribution is 2.45. The molecule has 1 amide bonds. The third kappa shape index (κ3) is 3.68. The molecule has 0 aliphatic heterocycles. The van der Waals surface area contributed by atoms with Gasteiger partial charge in [0.2, 0.25) is 0 Å². The molecule has 8 heteroatoms. The van der Waals surface area contributed by atoms with Gasteiger partial charge in [-0.15, -0.1) is 11.3 Å². The van der Waals surface area contributed by atoms with Crippen LogP contribution in [0.5, 0.6) is 0 Å². The molecule has 0 saturated heterocycles. The van der Waals surface area contributed by atoms with Crippen molar-refractivity contribution in [1.82, 2.24) is 9.88 Å². The number of aromatic nitrogens is 1. The van der Waals surface area contributed by atoms with Crippen LogP contribution in [0.1, 0.15) is 40.9 Å². The molecule has 1 aromatic heterocycles. The Bertz CT molecular complexity index is 1110. The fourth-order valence-corrected chi connectivity index (χ4v) is 5.25. The Morgan fingerprint density at radius 2 is 1.74 bits per heavy atom. The zero-order chi connectivity index (χ0) is 21.5. The molecule has 1 atom stereocenters. The van der Waals surface area contributed by atoms with Crippen LogP contribution in [0.4, 0.5) is 4.79 Å². The van der Waals surface area contributed by atoms with E-state index in [0.717, 1.165) is 46.4 Å². The Labute approximate surface area is 188 Å². The molecule has 1 saturated carbocycles. The molecule has 1 heterocycles. The highest BCUT2D eigenvalue weighted by Gasteiger charge is 2.44. The van der Waals surface area contributed by atoms with Crippen molar-refractivity contribution in [3.05, 3.63) is 75.2 Å². The maximum atomic E-state index is 13.1. The van der Waals surface area contributed by atoms with Gasteiger partial charge in [-0.05, 0) is 35.1 Å². The number of aliphatic carboxylic acids is 1. The summed E-state index contributed by atoms with van der Waals surface area (Å²) in [5.74, 6) is -1.23. The molecular weight excluding hydrogens is 436 g/mol. The van der Waals surface area contributed by atoms with Crippen LogP contribution in [0.15, 0.2) is 54.7 Å². The minimum absolute atomic E-state index is 0.0880. The van der Waals surface area contributed by atoms with E-state index in [1.807, 2.05) is 36.4 Å². The predicted octanol–water partition coefficient (Wildman–Crippen LogP) is 5.34. The molecule has 1 N–H and O–H groups in total. The Morgan fingerprint density at radius 1 is 1.13 bits per heavy atom. The lowest BCUT2D eigenvalue weighted by molar-refractivity contribution is -0.143. The van der Waals surface area contributed by atoms with Crippen molar-refractivity contribution in [2.24, 2.45) is 0 Å². The first-order chi connectivity index (χ1) is 15.0. The van der Waals surface area contributed by atoms with E-state index in [0.29, 0.717) is 4.34 Å². The zero-order valence-electron chi connectivity index (χ0n) is 16.4. The van der Waals surface area contributed by atoms with Gasteiger partial charge >= 0.3 is 12.1 Å². The average molecular weight is 455 g/mol. The minimum atomic E-state index is -1.21. The van der Waals surface area contributed by atoms with Gasteiger partial charge in [-0.2, -0.15) is 0 Å². The van der Waals surface area contributed by atoms with Gasteiger partial charge in [-0.3, -0.25) is 4.90 Å². The molecule has 1 fully saturated rings. The summed E-state index contributed by atoms with van der Waals surface area (Å²) in [7, 11) is 0. The number of carbonyl (C=O) groups is 2. The van der Waals surface area contributed by atoms with Crippen LogP contribution in [-0.4, -0.2) is 39.7 Å². The molecule has 2 aliphatic carbocycles. The number of rotatable bonds is 6. The van der Waals surface area contributed by atoms with Crippen LogP contribution in [-0.2, 0) is 9.53 Å². The topological polar surface area (TPSA) is 79.7 Å². The Kier molecular flexibility index (Phi) is 5.16. The van der Waals surface area contributed by atoms with Crippen molar-refractivity contribution in [2.45, 2.75) is 30.8 Å². The fourth-order valence-electron chi connectivity index (χ4n) is 4.22. The molecule has 3 aromatic rings. The van der Waals surface area contributed by atoms with Gasteiger partial charge in [-0.25, -0.2) is 14.6 Å². The number of nitrogens with zero attached hydrogens (tertiary/aromatic N) is 2. The van der Waals surface area contributed by atoms with Crippen LogP contribution in [0.3, 0.4) is 0 Å². The van der Waals surface area contributed by atoms with E-state index in [1.165, 1.54) is 11.1 Å². The van der Waals surface area contributed by atoms with Gasteiger partial charge in [0.1, 0.15) is 16.0 Å². The van der Waals surface area contributed by atoms with Gasteiger partial charge in [-0.1, -0.05) is 60.1 Å². The van der Waals surface area contributed by atoms with Crippen LogP contribution < -0.4 is 0 Å². The number of amides is 1. The molecule has 158 valence electrons. The van der Waals surface area contributed by atoms with Crippen LogP contribution in [0, 0.1) is 0 Å². The molecule has 2 aliphatic rings. The number of halogens is 1. The predicted molar refractivity (Wildman–Crippen MR) is 117 cm³/mol. The number of hydrogen-bond donors (Lipinski definition) is 1. The summed E-state index contributed by atoms with van der Waals surface area (Å²) in [6, 6.07) is 14.8. The standard InChI is InChI=1S/C23H19ClN2O4S/c24-19-11-25-21(31-19)20(22(27)28)26(13-9-10-13)23(29)30-12-18-16-7-3-1-5-14(16)15-6-2-4-8-17(15)18/h1-8,11,13,18,20H,9-10,12H2,(H,27,28). The minimum Gasteiger partial charge on any atom is -0.479 e. The third-order valence-electron chi connectivity index (χ3n) is 5.73. The second-order valence-electron chi connectivity index (χ2n) is 7.69. The number of ether oxygens (including phenoxy) is 1. The molecule has 6 nitrogen and oxygen atoms in total. The second kappa shape index (κ2) is 7.98. The summed E-state index contributed by atoms with van der Waals surface area (Å²) in [6.45, 7) is 0.140. The quantitative estimate of drug-likeness (QED) is 0.544. The molecule has 5 rings (SSSR count). The molecule has 31 heavy (non-hydrogen) atoms. The summed E-state index contributed by atoms with van der Waals surface area (Å²) < 4.78 is 6.11. The van der Waals surface area contributed by atoms with Crippen molar-refractivity contribution >= 4 is 35.0 Å². The van der Waals surface area contributed by atoms with Gasteiger partial charge in [0.25, 0.3) is 0 Å². The maximum Gasteiger partial charge on any atom is 0.411 e. The van der Waals surface area contributed by atoms with Crippen molar-refractivity contribution in [1.29, 1.82) is 0 Å². The normalized spacial score (nSPS) is 15.8. The van der Waals surface area contributed by atoms with Crippen molar-refractivity contribution in [2.75, 3.05) is 6.61 Å². The largest absolute Gasteiger partial charge is 0.479 e. The number of carboxylic acid groups (broad SMARTS) is 1. The zero-order valence-corrected chi connectivity index (χ0v) is 18.0. The van der Waals surface area contributed by atoms with E-state index in [9.17, 15) is 14.7 Å². The smallest absolute Gasteiger partial charge is 0.411 e. The van der Waals surface area contributed by atoms with Crippen LogP contribution in [0.2, 0.25) is 4.34 Å². The second-order valence-corrected chi connectivity index (χ2v) is 9.38. The number of benzene rings is 2. The van der Waals surface area contributed by atoms with Crippen molar-refractivity contribution in [3.63, 3.8) is 0 Å². The summed E-state index contributed by atoms with van der Waals surface area (Å²) in [5, 5.41) is 10.1. The third-order valence-corrected chi connectivity index (χ3v) is 6.90. The molecule has 0 radical (unpaired) electrons. The lowest BCUT2D eigenvalue weighted by Crippen LogP contribution is -2.41. The Hall–Kier alpha value is -2.90. The summed E-state index contributed by atoms with van der Waals surface area (Å²) >= 11 is 7.02. The van der Waals surface area contributed by atoms with Gasteiger partial charge in [0.15, 0.2) is 6.04 Å². The molecule has 0 spiro atoms. The number of carboxylic acids is 1.